The Morgan fingerprint density at radius 1 is 1.12 bits per heavy atom. The summed E-state index contributed by atoms with van der Waals surface area (Å²) < 4.78 is 0. The molecule has 2 heteroatoms. The summed E-state index contributed by atoms with van der Waals surface area (Å²) in [6.45, 7) is 6.70. The van der Waals surface area contributed by atoms with Crippen LogP contribution in [0.1, 0.15) is 44.2 Å². The molecule has 0 saturated heterocycles. The highest BCUT2D eigenvalue weighted by molar-refractivity contribution is 7.99. The zero-order valence-corrected chi connectivity index (χ0v) is 11.9. The maximum Gasteiger partial charge on any atom is 0.0233 e. The second-order valence-electron chi connectivity index (χ2n) is 4.50. The monoisotopic (exact) mass is 256 g/mol. The van der Waals surface area contributed by atoms with Crippen LogP contribution in [0.4, 0.5) is 0 Å². The normalized spacial score (nSPS) is 13.1. The molecule has 0 saturated carbocycles. The fourth-order valence-electron chi connectivity index (χ4n) is 1.47. The van der Waals surface area contributed by atoms with Gasteiger partial charge in [0.2, 0.25) is 0 Å². The van der Waals surface area contributed by atoms with E-state index in [1.807, 2.05) is 11.8 Å². The molecule has 1 rings (SSSR count). The lowest BCUT2D eigenvalue weighted by Gasteiger charge is -2.10. The number of benzene rings is 1. The van der Waals surface area contributed by atoms with Gasteiger partial charge in [-0.1, -0.05) is 45.0 Å². The van der Waals surface area contributed by atoms with Crippen LogP contribution >= 0.6 is 23.4 Å². The third-order valence-corrected chi connectivity index (χ3v) is 4.22. The van der Waals surface area contributed by atoms with Gasteiger partial charge in [0.05, 0.1) is 0 Å². The predicted molar refractivity (Wildman–Crippen MR) is 76.6 cm³/mol. The summed E-state index contributed by atoms with van der Waals surface area (Å²) in [6.07, 6.45) is 1.09. The molecule has 1 aromatic rings. The number of halogens is 1. The first-order valence-corrected chi connectivity index (χ1v) is 7.48. The van der Waals surface area contributed by atoms with Gasteiger partial charge < -0.3 is 0 Å². The summed E-state index contributed by atoms with van der Waals surface area (Å²) >= 11 is 7.70. The molecular weight excluding hydrogens is 236 g/mol. The van der Waals surface area contributed by atoms with Crippen LogP contribution < -0.4 is 0 Å². The number of rotatable bonds is 6. The maximum absolute atomic E-state index is 5.72. The van der Waals surface area contributed by atoms with Crippen molar-refractivity contribution in [2.45, 2.75) is 44.1 Å². The lowest BCUT2D eigenvalue weighted by Crippen LogP contribution is -1.97. The van der Waals surface area contributed by atoms with E-state index in [1.54, 1.807) is 0 Å². The third-order valence-electron chi connectivity index (χ3n) is 2.70. The zero-order valence-electron chi connectivity index (χ0n) is 10.4. The molecule has 0 aromatic heterocycles. The SMILES string of the molecule is CC(CCCl)SCc1ccc(C(C)C)cc1. The van der Waals surface area contributed by atoms with E-state index < -0.39 is 0 Å². The Labute approximate surface area is 109 Å². The Hall–Kier alpha value is -0.140. The quantitative estimate of drug-likeness (QED) is 0.641. The van der Waals surface area contributed by atoms with Gasteiger partial charge in [-0.25, -0.2) is 0 Å². The summed E-state index contributed by atoms with van der Waals surface area (Å²) in [5.74, 6) is 2.48. The molecule has 0 spiro atoms. The van der Waals surface area contributed by atoms with Crippen molar-refractivity contribution in [2.75, 3.05) is 5.88 Å². The molecule has 0 amide bonds. The average Bonchev–Trinajstić information content (AvgIpc) is 2.27. The van der Waals surface area contributed by atoms with Gasteiger partial charge in [-0.2, -0.15) is 11.8 Å². The van der Waals surface area contributed by atoms with E-state index in [9.17, 15) is 0 Å². The van der Waals surface area contributed by atoms with Gasteiger partial charge in [-0.3, -0.25) is 0 Å². The van der Waals surface area contributed by atoms with Crippen molar-refractivity contribution in [2.24, 2.45) is 0 Å². The molecule has 1 unspecified atom stereocenters. The highest BCUT2D eigenvalue weighted by atomic mass is 35.5. The van der Waals surface area contributed by atoms with Crippen LogP contribution in [0.15, 0.2) is 24.3 Å². The lowest BCUT2D eigenvalue weighted by atomic mass is 10.0. The highest BCUT2D eigenvalue weighted by Gasteiger charge is 2.03. The Morgan fingerprint density at radius 2 is 1.75 bits per heavy atom. The largest absolute Gasteiger partial charge is 0.154 e. The molecule has 0 aliphatic rings. The van der Waals surface area contributed by atoms with E-state index in [0.29, 0.717) is 11.2 Å². The van der Waals surface area contributed by atoms with E-state index in [-0.39, 0.29) is 0 Å². The van der Waals surface area contributed by atoms with E-state index in [2.05, 4.69) is 45.0 Å². The van der Waals surface area contributed by atoms with Crippen LogP contribution in [0.5, 0.6) is 0 Å². The van der Waals surface area contributed by atoms with Crippen LogP contribution in [0.2, 0.25) is 0 Å². The summed E-state index contributed by atoms with van der Waals surface area (Å²) in [7, 11) is 0. The lowest BCUT2D eigenvalue weighted by molar-refractivity contribution is 0.866. The molecule has 90 valence electrons. The second-order valence-corrected chi connectivity index (χ2v) is 6.30. The summed E-state index contributed by atoms with van der Waals surface area (Å²) in [5.41, 5.74) is 2.83. The molecule has 1 aromatic carbocycles. The zero-order chi connectivity index (χ0) is 12.0. The smallest absolute Gasteiger partial charge is 0.0233 e. The van der Waals surface area contributed by atoms with Crippen molar-refractivity contribution in [1.29, 1.82) is 0 Å². The van der Waals surface area contributed by atoms with Crippen LogP contribution in [0.25, 0.3) is 0 Å². The predicted octanol–water partition coefficient (Wildman–Crippen LogP) is 5.06. The molecule has 16 heavy (non-hydrogen) atoms. The maximum atomic E-state index is 5.72. The number of hydrogen-bond acceptors (Lipinski definition) is 1. The molecule has 0 bridgehead atoms. The van der Waals surface area contributed by atoms with Gasteiger partial charge >= 0.3 is 0 Å². The molecule has 0 heterocycles. The van der Waals surface area contributed by atoms with E-state index in [4.69, 9.17) is 11.6 Å². The van der Waals surface area contributed by atoms with E-state index in [0.717, 1.165) is 18.1 Å². The molecule has 0 aliphatic carbocycles. The first kappa shape index (κ1) is 13.9. The van der Waals surface area contributed by atoms with Gasteiger partial charge in [-0.15, -0.1) is 11.6 Å². The first-order valence-electron chi connectivity index (χ1n) is 5.90. The van der Waals surface area contributed by atoms with Gasteiger partial charge in [0.15, 0.2) is 0 Å². The first-order chi connectivity index (χ1) is 7.63. The van der Waals surface area contributed by atoms with Crippen molar-refractivity contribution in [3.63, 3.8) is 0 Å². The van der Waals surface area contributed by atoms with Crippen LogP contribution in [-0.4, -0.2) is 11.1 Å². The minimum atomic E-state index is 0.622. The average molecular weight is 257 g/mol. The fraction of sp³-hybridized carbons (Fsp3) is 0.571. The molecular formula is C14H21ClS. The summed E-state index contributed by atoms with van der Waals surface area (Å²) in [6, 6.07) is 8.98. The van der Waals surface area contributed by atoms with Crippen molar-refractivity contribution < 1.29 is 0 Å². The van der Waals surface area contributed by atoms with Gasteiger partial charge in [0, 0.05) is 16.9 Å². The fourth-order valence-corrected chi connectivity index (χ4v) is 2.88. The topological polar surface area (TPSA) is 0 Å². The van der Waals surface area contributed by atoms with Crippen LogP contribution in [-0.2, 0) is 5.75 Å². The Morgan fingerprint density at radius 3 is 2.25 bits per heavy atom. The van der Waals surface area contributed by atoms with Crippen molar-refractivity contribution in [3.8, 4) is 0 Å². The van der Waals surface area contributed by atoms with E-state index >= 15 is 0 Å². The minimum absolute atomic E-state index is 0.622. The number of thioether (sulfide) groups is 1. The Kier molecular flexibility index (Phi) is 6.30. The minimum Gasteiger partial charge on any atom is -0.154 e. The molecule has 0 aliphatic heterocycles. The summed E-state index contributed by atoms with van der Waals surface area (Å²) in [5, 5.41) is 0.655. The number of alkyl halides is 1. The molecule has 0 N–H and O–H groups in total. The van der Waals surface area contributed by atoms with Gasteiger partial charge in [0.25, 0.3) is 0 Å². The highest BCUT2D eigenvalue weighted by Crippen LogP contribution is 2.22. The third kappa shape index (κ3) is 4.80. The molecule has 0 radical (unpaired) electrons. The number of hydrogen-bond donors (Lipinski definition) is 0. The second kappa shape index (κ2) is 7.24. The van der Waals surface area contributed by atoms with E-state index in [1.165, 1.54) is 11.1 Å². The van der Waals surface area contributed by atoms with Crippen molar-refractivity contribution in [1.82, 2.24) is 0 Å². The molecule has 1 atom stereocenters. The van der Waals surface area contributed by atoms with Crippen LogP contribution in [0, 0.1) is 0 Å². The van der Waals surface area contributed by atoms with Crippen molar-refractivity contribution >= 4 is 23.4 Å². The Balaban J connectivity index is 2.43. The standard InChI is InChI=1S/C14H21ClS/c1-11(2)14-6-4-13(5-7-14)10-16-12(3)8-9-15/h4-7,11-12H,8-10H2,1-3H3. The molecule has 0 fully saturated rings. The summed E-state index contributed by atoms with van der Waals surface area (Å²) in [4.78, 5) is 0. The molecule has 0 nitrogen and oxygen atoms in total. The Bertz CT molecular complexity index is 292. The van der Waals surface area contributed by atoms with Gasteiger partial charge in [-0.05, 0) is 23.5 Å². The van der Waals surface area contributed by atoms with Gasteiger partial charge in [0.1, 0.15) is 0 Å². The van der Waals surface area contributed by atoms with Crippen molar-refractivity contribution in [3.05, 3.63) is 35.4 Å². The van der Waals surface area contributed by atoms with Crippen LogP contribution in [0.3, 0.4) is 0 Å².